The normalized spacial score (nSPS) is 9.92. The van der Waals surface area contributed by atoms with Gasteiger partial charge in [-0.1, -0.05) is 28.6 Å². The second-order valence-electron chi connectivity index (χ2n) is 2.43. The van der Waals surface area contributed by atoms with E-state index < -0.39 is 11.6 Å². The van der Waals surface area contributed by atoms with Crippen molar-refractivity contribution in [3.05, 3.63) is 46.5 Å². The van der Waals surface area contributed by atoms with Gasteiger partial charge in [-0.15, -0.1) is 0 Å². The van der Waals surface area contributed by atoms with Crippen LogP contribution in [0.15, 0.2) is 29.3 Å². The molecule has 0 nitrogen and oxygen atoms in total. The quantitative estimate of drug-likeness (QED) is 0.734. The standard InChI is InChI=1S/C9H7BrF2/c1-6(10)4-7-2-3-8(11)5-9(7)12/h2-3,5H,1,4H2. The van der Waals surface area contributed by atoms with Crippen LogP contribution in [-0.2, 0) is 6.42 Å². The van der Waals surface area contributed by atoms with Gasteiger partial charge in [0.05, 0.1) is 0 Å². The molecule has 0 aromatic heterocycles. The van der Waals surface area contributed by atoms with E-state index in [0.29, 0.717) is 16.5 Å². The lowest BCUT2D eigenvalue weighted by Gasteiger charge is -2.00. The molecular weight excluding hydrogens is 226 g/mol. The zero-order valence-electron chi connectivity index (χ0n) is 6.28. The van der Waals surface area contributed by atoms with Crippen LogP contribution in [0.3, 0.4) is 0 Å². The van der Waals surface area contributed by atoms with Gasteiger partial charge < -0.3 is 0 Å². The van der Waals surface area contributed by atoms with Gasteiger partial charge in [-0.2, -0.15) is 0 Å². The Balaban J connectivity index is 2.93. The molecule has 0 atom stereocenters. The molecule has 64 valence electrons. The van der Waals surface area contributed by atoms with E-state index in [4.69, 9.17) is 0 Å². The molecule has 0 saturated carbocycles. The van der Waals surface area contributed by atoms with Crippen molar-refractivity contribution < 1.29 is 8.78 Å². The second-order valence-corrected chi connectivity index (χ2v) is 3.55. The van der Waals surface area contributed by atoms with Gasteiger partial charge in [-0.3, -0.25) is 0 Å². The smallest absolute Gasteiger partial charge is 0.129 e. The first-order valence-corrected chi connectivity index (χ1v) is 4.16. The third-order valence-electron chi connectivity index (χ3n) is 1.40. The topological polar surface area (TPSA) is 0 Å². The van der Waals surface area contributed by atoms with Crippen molar-refractivity contribution in [2.24, 2.45) is 0 Å². The molecule has 0 saturated heterocycles. The number of halogens is 3. The Kier molecular flexibility index (Phi) is 2.98. The first-order chi connectivity index (χ1) is 5.59. The molecule has 0 aliphatic carbocycles. The van der Waals surface area contributed by atoms with Gasteiger partial charge in [0.1, 0.15) is 11.6 Å². The van der Waals surface area contributed by atoms with Crippen molar-refractivity contribution in [1.82, 2.24) is 0 Å². The third-order valence-corrected chi connectivity index (χ3v) is 1.68. The number of benzene rings is 1. The van der Waals surface area contributed by atoms with Gasteiger partial charge >= 0.3 is 0 Å². The summed E-state index contributed by atoms with van der Waals surface area (Å²) >= 11 is 3.11. The molecule has 0 unspecified atom stereocenters. The van der Waals surface area contributed by atoms with Crippen LogP contribution >= 0.6 is 15.9 Å². The van der Waals surface area contributed by atoms with Gasteiger partial charge in [0, 0.05) is 12.5 Å². The zero-order chi connectivity index (χ0) is 9.14. The van der Waals surface area contributed by atoms with Gasteiger partial charge in [-0.05, 0) is 16.1 Å². The SMILES string of the molecule is C=C(Br)Cc1ccc(F)cc1F. The monoisotopic (exact) mass is 232 g/mol. The molecule has 12 heavy (non-hydrogen) atoms. The number of hydrogen-bond acceptors (Lipinski definition) is 0. The van der Waals surface area contributed by atoms with Crippen LogP contribution in [0.5, 0.6) is 0 Å². The van der Waals surface area contributed by atoms with Crippen molar-refractivity contribution in [3.8, 4) is 0 Å². The predicted molar refractivity (Wildman–Crippen MR) is 48.1 cm³/mol. The van der Waals surface area contributed by atoms with Gasteiger partial charge in [0.25, 0.3) is 0 Å². The lowest BCUT2D eigenvalue weighted by molar-refractivity contribution is 0.575. The number of rotatable bonds is 2. The molecule has 0 fully saturated rings. The van der Waals surface area contributed by atoms with E-state index in [-0.39, 0.29) is 0 Å². The highest BCUT2D eigenvalue weighted by molar-refractivity contribution is 9.11. The Bertz CT molecular complexity index is 307. The van der Waals surface area contributed by atoms with Gasteiger partial charge in [0.15, 0.2) is 0 Å². The van der Waals surface area contributed by atoms with E-state index in [0.717, 1.165) is 6.07 Å². The maximum Gasteiger partial charge on any atom is 0.129 e. The molecular formula is C9H7BrF2. The van der Waals surface area contributed by atoms with Crippen molar-refractivity contribution in [2.75, 3.05) is 0 Å². The summed E-state index contributed by atoms with van der Waals surface area (Å²) in [6.45, 7) is 3.57. The molecule has 0 amide bonds. The van der Waals surface area contributed by atoms with E-state index in [2.05, 4.69) is 22.5 Å². The van der Waals surface area contributed by atoms with Crippen LogP contribution in [0.2, 0.25) is 0 Å². The Morgan fingerprint density at radius 2 is 2.08 bits per heavy atom. The average molecular weight is 233 g/mol. The molecule has 0 spiro atoms. The van der Waals surface area contributed by atoms with Crippen LogP contribution in [0.25, 0.3) is 0 Å². The molecule has 0 N–H and O–H groups in total. The Hall–Kier alpha value is -0.700. The fourth-order valence-corrected chi connectivity index (χ4v) is 1.17. The Morgan fingerprint density at radius 3 is 2.58 bits per heavy atom. The molecule has 1 rings (SSSR count). The molecule has 1 aromatic carbocycles. The highest BCUT2D eigenvalue weighted by Gasteiger charge is 2.03. The summed E-state index contributed by atoms with van der Waals surface area (Å²) in [5.41, 5.74) is 0.443. The Labute approximate surface area is 78.0 Å². The maximum atomic E-state index is 12.9. The van der Waals surface area contributed by atoms with E-state index in [1.54, 1.807) is 0 Å². The largest absolute Gasteiger partial charge is 0.207 e. The van der Waals surface area contributed by atoms with Crippen molar-refractivity contribution in [2.45, 2.75) is 6.42 Å². The number of allylic oxidation sites excluding steroid dienone is 1. The summed E-state index contributed by atoms with van der Waals surface area (Å²) in [4.78, 5) is 0. The molecule has 0 aliphatic rings. The second kappa shape index (κ2) is 3.81. The minimum absolute atomic E-state index is 0.381. The Morgan fingerprint density at radius 1 is 1.42 bits per heavy atom. The molecule has 0 bridgehead atoms. The zero-order valence-corrected chi connectivity index (χ0v) is 7.87. The summed E-state index contributed by atoms with van der Waals surface area (Å²) in [6, 6.07) is 3.51. The van der Waals surface area contributed by atoms with Gasteiger partial charge in [-0.25, -0.2) is 8.78 Å². The van der Waals surface area contributed by atoms with Crippen LogP contribution in [0, 0.1) is 11.6 Å². The third kappa shape index (κ3) is 2.41. The molecule has 0 aliphatic heterocycles. The van der Waals surface area contributed by atoms with Crippen molar-refractivity contribution in [1.29, 1.82) is 0 Å². The van der Waals surface area contributed by atoms with E-state index >= 15 is 0 Å². The summed E-state index contributed by atoms with van der Waals surface area (Å²) in [7, 11) is 0. The highest BCUT2D eigenvalue weighted by atomic mass is 79.9. The fraction of sp³-hybridized carbons (Fsp3) is 0.111. The molecule has 1 aromatic rings. The average Bonchev–Trinajstić information content (AvgIpc) is 1.94. The fourth-order valence-electron chi connectivity index (χ4n) is 0.872. The first kappa shape index (κ1) is 9.39. The lowest BCUT2D eigenvalue weighted by atomic mass is 10.1. The van der Waals surface area contributed by atoms with E-state index in [9.17, 15) is 8.78 Å². The maximum absolute atomic E-state index is 12.9. The summed E-state index contributed by atoms with van der Waals surface area (Å²) in [5, 5.41) is 0. The summed E-state index contributed by atoms with van der Waals surface area (Å²) in [5.74, 6) is -1.09. The van der Waals surface area contributed by atoms with Crippen LogP contribution in [0.4, 0.5) is 8.78 Å². The lowest BCUT2D eigenvalue weighted by Crippen LogP contribution is -1.90. The van der Waals surface area contributed by atoms with E-state index in [1.807, 2.05) is 0 Å². The minimum Gasteiger partial charge on any atom is -0.207 e. The molecule has 0 heterocycles. The van der Waals surface area contributed by atoms with Crippen LogP contribution < -0.4 is 0 Å². The summed E-state index contributed by atoms with van der Waals surface area (Å²) < 4.78 is 26.0. The highest BCUT2D eigenvalue weighted by Crippen LogP contribution is 2.15. The molecule has 3 heteroatoms. The predicted octanol–water partition coefficient (Wildman–Crippen LogP) is 3.42. The van der Waals surface area contributed by atoms with Gasteiger partial charge in [0.2, 0.25) is 0 Å². The minimum atomic E-state index is -0.559. The number of hydrogen-bond donors (Lipinski definition) is 0. The van der Waals surface area contributed by atoms with Crippen molar-refractivity contribution in [3.63, 3.8) is 0 Å². The van der Waals surface area contributed by atoms with Crippen LogP contribution in [0.1, 0.15) is 5.56 Å². The molecule has 0 radical (unpaired) electrons. The summed E-state index contributed by atoms with van der Waals surface area (Å²) in [6.07, 6.45) is 0.381. The first-order valence-electron chi connectivity index (χ1n) is 3.37. The van der Waals surface area contributed by atoms with E-state index in [1.165, 1.54) is 12.1 Å². The van der Waals surface area contributed by atoms with Crippen LogP contribution in [-0.4, -0.2) is 0 Å². The van der Waals surface area contributed by atoms with Crippen molar-refractivity contribution >= 4 is 15.9 Å².